The van der Waals surface area contributed by atoms with Crippen molar-refractivity contribution in [3.05, 3.63) is 47.5 Å². The molecule has 1 aliphatic rings. The minimum absolute atomic E-state index is 0.191. The highest BCUT2D eigenvalue weighted by Gasteiger charge is 2.20. The van der Waals surface area contributed by atoms with E-state index in [9.17, 15) is 4.79 Å². The number of amides is 1. The van der Waals surface area contributed by atoms with E-state index in [1.165, 1.54) is 0 Å². The van der Waals surface area contributed by atoms with Crippen LogP contribution in [-0.2, 0) is 4.79 Å². The molecule has 1 saturated heterocycles. The van der Waals surface area contributed by atoms with Crippen molar-refractivity contribution in [1.29, 1.82) is 0 Å². The largest absolute Gasteiger partial charge is 0.370 e. The first-order valence-corrected chi connectivity index (χ1v) is 10.3. The number of anilines is 1. The number of nitrogens with zero attached hydrogens (tertiary/aromatic N) is 4. The number of hydrogen-bond acceptors (Lipinski definition) is 4. The molecule has 1 fully saturated rings. The van der Waals surface area contributed by atoms with Crippen molar-refractivity contribution in [2.75, 3.05) is 51.7 Å². The molecular weight excluding hydrogens is 386 g/mol. The maximum absolute atomic E-state index is 12.4. The molecule has 0 aliphatic carbocycles. The van der Waals surface area contributed by atoms with Crippen molar-refractivity contribution in [2.24, 2.45) is 0 Å². The first-order valence-electron chi connectivity index (χ1n) is 9.93. The summed E-state index contributed by atoms with van der Waals surface area (Å²) in [6, 6.07) is 14.0. The smallest absolute Gasteiger partial charge is 0.236 e. The van der Waals surface area contributed by atoms with Gasteiger partial charge in [-0.25, -0.2) is 4.98 Å². The lowest BCUT2D eigenvalue weighted by atomic mass is 10.1. The fourth-order valence-corrected chi connectivity index (χ4v) is 3.97. The van der Waals surface area contributed by atoms with Gasteiger partial charge in [-0.05, 0) is 50.8 Å². The molecule has 2 aromatic carbocycles. The fraction of sp³-hybridized carbons (Fsp3) is 0.364. The number of para-hydroxylation sites is 2. The minimum Gasteiger partial charge on any atom is -0.370 e. The van der Waals surface area contributed by atoms with E-state index in [-0.39, 0.29) is 5.91 Å². The number of carbonyl (C=O) groups is 1. The topological polar surface area (TPSA) is 55.5 Å². The number of aromatic nitrogens is 2. The van der Waals surface area contributed by atoms with Crippen LogP contribution in [0.3, 0.4) is 0 Å². The first kappa shape index (κ1) is 19.7. The van der Waals surface area contributed by atoms with Gasteiger partial charge in [0.15, 0.2) is 0 Å². The van der Waals surface area contributed by atoms with Gasteiger partial charge in [0.2, 0.25) is 5.91 Å². The molecule has 1 aromatic heterocycles. The zero-order valence-electron chi connectivity index (χ0n) is 16.9. The summed E-state index contributed by atoms with van der Waals surface area (Å²) >= 11 is 6.51. The lowest BCUT2D eigenvalue weighted by Gasteiger charge is -2.25. The van der Waals surface area contributed by atoms with Crippen LogP contribution in [0.5, 0.6) is 0 Å². The average Bonchev–Trinajstić information content (AvgIpc) is 2.96. The van der Waals surface area contributed by atoms with Crippen molar-refractivity contribution in [1.82, 2.24) is 19.8 Å². The van der Waals surface area contributed by atoms with Crippen LogP contribution in [0, 0.1) is 0 Å². The van der Waals surface area contributed by atoms with Crippen LogP contribution in [0.25, 0.3) is 22.4 Å². The Morgan fingerprint density at radius 3 is 2.76 bits per heavy atom. The first-order chi connectivity index (χ1) is 14.0. The van der Waals surface area contributed by atoms with Gasteiger partial charge in [-0.2, -0.15) is 0 Å². The quantitative estimate of drug-likeness (QED) is 0.714. The summed E-state index contributed by atoms with van der Waals surface area (Å²) in [5.41, 5.74) is 3.92. The van der Waals surface area contributed by atoms with Gasteiger partial charge in [0.05, 0.1) is 22.6 Å². The molecular formula is C22H26ClN5O. The van der Waals surface area contributed by atoms with Gasteiger partial charge < -0.3 is 19.7 Å². The van der Waals surface area contributed by atoms with Gasteiger partial charge in [-0.3, -0.25) is 4.79 Å². The number of rotatable bonds is 4. The summed E-state index contributed by atoms with van der Waals surface area (Å²) in [7, 11) is 3.85. The maximum atomic E-state index is 12.4. The maximum Gasteiger partial charge on any atom is 0.236 e. The number of benzene rings is 2. The number of carbonyl (C=O) groups excluding carboxylic acids is 1. The van der Waals surface area contributed by atoms with Crippen molar-refractivity contribution >= 4 is 34.2 Å². The van der Waals surface area contributed by atoms with Crippen molar-refractivity contribution in [2.45, 2.75) is 6.42 Å². The average molecular weight is 412 g/mol. The SMILES string of the molecule is CN(C)CC(=O)N1CCCN(c2ccc(Cl)c(-c3nc4ccccc4[nH]3)c2)CC1. The Bertz CT molecular complexity index is 982. The van der Waals surface area contributed by atoms with Crippen LogP contribution in [0.15, 0.2) is 42.5 Å². The second-order valence-electron chi connectivity index (χ2n) is 7.73. The Morgan fingerprint density at radius 1 is 1.14 bits per heavy atom. The number of nitrogens with one attached hydrogen (secondary N) is 1. The molecule has 0 unspecified atom stereocenters. The Hall–Kier alpha value is -2.57. The van der Waals surface area contributed by atoms with E-state index in [0.717, 1.165) is 60.7 Å². The van der Waals surface area contributed by atoms with E-state index in [1.54, 1.807) is 0 Å². The number of H-pyrrole nitrogens is 1. The molecule has 6 nitrogen and oxygen atoms in total. The van der Waals surface area contributed by atoms with E-state index >= 15 is 0 Å². The van der Waals surface area contributed by atoms with Crippen LogP contribution in [0.4, 0.5) is 5.69 Å². The molecule has 0 bridgehead atoms. The molecule has 0 atom stereocenters. The normalized spacial score (nSPS) is 15.2. The van der Waals surface area contributed by atoms with Crippen LogP contribution in [0.2, 0.25) is 5.02 Å². The predicted octanol–water partition coefficient (Wildman–Crippen LogP) is 3.48. The number of likely N-dealkylation sites (N-methyl/N-ethyl adjacent to an activating group) is 1. The van der Waals surface area contributed by atoms with E-state index < -0.39 is 0 Å². The molecule has 2 heterocycles. The molecule has 0 saturated carbocycles. The highest BCUT2D eigenvalue weighted by molar-refractivity contribution is 6.33. The number of aromatic amines is 1. The van der Waals surface area contributed by atoms with Crippen molar-refractivity contribution < 1.29 is 4.79 Å². The van der Waals surface area contributed by atoms with Gasteiger partial charge in [0.25, 0.3) is 0 Å². The number of fused-ring (bicyclic) bond motifs is 1. The van der Waals surface area contributed by atoms with E-state index in [4.69, 9.17) is 16.6 Å². The predicted molar refractivity (Wildman–Crippen MR) is 119 cm³/mol. The highest BCUT2D eigenvalue weighted by Crippen LogP contribution is 2.32. The second kappa shape index (κ2) is 8.43. The van der Waals surface area contributed by atoms with Crippen LogP contribution < -0.4 is 4.90 Å². The summed E-state index contributed by atoms with van der Waals surface area (Å²) in [5, 5.41) is 0.672. The molecule has 152 valence electrons. The highest BCUT2D eigenvalue weighted by atomic mass is 35.5. The molecule has 1 N–H and O–H groups in total. The van der Waals surface area contributed by atoms with Crippen molar-refractivity contribution in [3.63, 3.8) is 0 Å². The lowest BCUT2D eigenvalue weighted by Crippen LogP contribution is -2.40. The molecule has 0 radical (unpaired) electrons. The zero-order chi connectivity index (χ0) is 20.4. The van der Waals surface area contributed by atoms with Gasteiger partial charge in [-0.15, -0.1) is 0 Å². The van der Waals surface area contributed by atoms with E-state index in [0.29, 0.717) is 11.6 Å². The standard InChI is InChI=1S/C22H26ClN5O/c1-26(2)15-21(29)28-11-5-10-27(12-13-28)16-8-9-18(23)17(14-16)22-24-19-6-3-4-7-20(19)25-22/h3-4,6-9,14H,5,10-13,15H2,1-2H3,(H,24,25). The van der Waals surface area contributed by atoms with Crippen LogP contribution >= 0.6 is 11.6 Å². The summed E-state index contributed by atoms with van der Waals surface area (Å²) < 4.78 is 0. The van der Waals surface area contributed by atoms with Crippen LogP contribution in [-0.4, -0.2) is 72.5 Å². The Kier molecular flexibility index (Phi) is 5.74. The summed E-state index contributed by atoms with van der Waals surface area (Å²) in [6.45, 7) is 3.70. The third-order valence-electron chi connectivity index (χ3n) is 5.26. The second-order valence-corrected chi connectivity index (χ2v) is 8.13. The van der Waals surface area contributed by atoms with Gasteiger partial charge >= 0.3 is 0 Å². The molecule has 4 rings (SSSR count). The third-order valence-corrected chi connectivity index (χ3v) is 5.59. The Morgan fingerprint density at radius 2 is 1.97 bits per heavy atom. The number of imidazole rings is 1. The molecule has 1 aliphatic heterocycles. The summed E-state index contributed by atoms with van der Waals surface area (Å²) in [5.74, 6) is 0.964. The number of hydrogen-bond donors (Lipinski definition) is 1. The molecule has 7 heteroatoms. The van der Waals surface area contributed by atoms with Gasteiger partial charge in [-0.1, -0.05) is 23.7 Å². The van der Waals surface area contributed by atoms with Gasteiger partial charge in [0.1, 0.15) is 5.82 Å². The Balaban J connectivity index is 1.55. The fourth-order valence-electron chi connectivity index (χ4n) is 3.77. The minimum atomic E-state index is 0.191. The molecule has 1 amide bonds. The number of halogens is 1. The summed E-state index contributed by atoms with van der Waals surface area (Å²) in [6.07, 6.45) is 0.946. The van der Waals surface area contributed by atoms with E-state index in [1.807, 2.05) is 60.3 Å². The lowest BCUT2D eigenvalue weighted by molar-refractivity contribution is -0.131. The molecule has 29 heavy (non-hydrogen) atoms. The van der Waals surface area contributed by atoms with Crippen molar-refractivity contribution in [3.8, 4) is 11.4 Å². The van der Waals surface area contributed by atoms with E-state index in [2.05, 4.69) is 16.0 Å². The third kappa shape index (κ3) is 4.38. The molecule has 3 aromatic rings. The van der Waals surface area contributed by atoms with Crippen LogP contribution in [0.1, 0.15) is 6.42 Å². The van der Waals surface area contributed by atoms with Gasteiger partial charge in [0, 0.05) is 37.4 Å². The summed E-state index contributed by atoms with van der Waals surface area (Å²) in [4.78, 5) is 26.7. The monoisotopic (exact) mass is 411 g/mol. The molecule has 0 spiro atoms. The zero-order valence-corrected chi connectivity index (χ0v) is 17.6. The Labute approximate surface area is 176 Å².